The molecule has 0 aromatic heterocycles. The Morgan fingerprint density at radius 3 is 1.95 bits per heavy atom. The Morgan fingerprint density at radius 1 is 1.16 bits per heavy atom. The van der Waals surface area contributed by atoms with E-state index in [9.17, 15) is 4.57 Å². The van der Waals surface area contributed by atoms with Crippen molar-refractivity contribution in [2.45, 2.75) is 19.8 Å². The van der Waals surface area contributed by atoms with Crippen LogP contribution in [0.3, 0.4) is 0 Å². The first-order chi connectivity index (χ1) is 8.40. The van der Waals surface area contributed by atoms with Crippen molar-refractivity contribution in [2.24, 2.45) is 0 Å². The Bertz CT molecular complexity index is 539. The minimum absolute atomic E-state index is 0.165. The molecule has 0 radical (unpaired) electrons. The minimum atomic E-state index is -4.67. The smallest absolute Gasteiger partial charge is 0.404 e. The molecule has 1 aromatic rings. The van der Waals surface area contributed by atoms with E-state index in [1.165, 1.54) is 0 Å². The Kier molecular flexibility index (Phi) is 6.64. The first kappa shape index (κ1) is 18.0. The summed E-state index contributed by atoms with van der Waals surface area (Å²) in [6.45, 7) is 3.86. The molecule has 19 heavy (non-hydrogen) atoms. The number of benzene rings is 1. The standard InChI is InChI=1S/C9H13O4P.H2O4S/c1-7(2)8-5-3-4-6-9(8)13-14(10,11)12;1-5(2,3)4/h3-7H,1-2H3,(H2,10,11,12);(H2,1,2,3,4). The van der Waals surface area contributed by atoms with E-state index in [2.05, 4.69) is 4.52 Å². The molecule has 0 unspecified atom stereocenters. The fourth-order valence-electron chi connectivity index (χ4n) is 1.17. The van der Waals surface area contributed by atoms with Gasteiger partial charge in [-0.3, -0.25) is 18.9 Å². The van der Waals surface area contributed by atoms with E-state index in [0.717, 1.165) is 5.56 Å². The molecule has 0 heterocycles. The first-order valence-electron chi connectivity index (χ1n) is 4.94. The van der Waals surface area contributed by atoms with Crippen LogP contribution in [0.2, 0.25) is 0 Å². The zero-order valence-electron chi connectivity index (χ0n) is 10.2. The summed E-state index contributed by atoms with van der Waals surface area (Å²) in [5.74, 6) is 0.411. The Labute approximate surface area is 110 Å². The molecule has 1 rings (SSSR count). The van der Waals surface area contributed by atoms with Gasteiger partial charge in [0.2, 0.25) is 0 Å². The van der Waals surface area contributed by atoms with E-state index in [-0.39, 0.29) is 11.7 Å². The SMILES string of the molecule is CC(C)c1ccccc1OP(=O)(O)O.O=S(=O)(O)O. The minimum Gasteiger partial charge on any atom is -0.404 e. The number of phosphoric acid groups is 1. The highest BCUT2D eigenvalue weighted by Gasteiger charge is 2.18. The Morgan fingerprint density at radius 2 is 1.58 bits per heavy atom. The Balaban J connectivity index is 0.000000555. The van der Waals surface area contributed by atoms with Crippen molar-refractivity contribution >= 4 is 18.2 Å². The van der Waals surface area contributed by atoms with Gasteiger partial charge in [0.25, 0.3) is 0 Å². The van der Waals surface area contributed by atoms with Crippen molar-refractivity contribution in [3.8, 4) is 5.75 Å². The third-order valence-corrected chi connectivity index (χ3v) is 2.19. The molecule has 0 aliphatic heterocycles. The van der Waals surface area contributed by atoms with Crippen molar-refractivity contribution in [1.29, 1.82) is 0 Å². The quantitative estimate of drug-likeness (QED) is 0.487. The molecule has 0 amide bonds. The molecular weight excluding hydrogens is 299 g/mol. The van der Waals surface area contributed by atoms with Crippen LogP contribution in [0, 0.1) is 0 Å². The van der Waals surface area contributed by atoms with Gasteiger partial charge in [-0.05, 0) is 17.5 Å². The van der Waals surface area contributed by atoms with Gasteiger partial charge < -0.3 is 4.52 Å². The van der Waals surface area contributed by atoms with Crippen LogP contribution in [0.15, 0.2) is 24.3 Å². The summed E-state index contributed by atoms with van der Waals surface area (Å²) in [5.41, 5.74) is 0.788. The third-order valence-electron chi connectivity index (χ3n) is 1.76. The van der Waals surface area contributed by atoms with Crippen LogP contribution in [0.4, 0.5) is 0 Å². The molecule has 0 bridgehead atoms. The highest BCUT2D eigenvalue weighted by Crippen LogP contribution is 2.40. The number of rotatable bonds is 3. The average molecular weight is 314 g/mol. The highest BCUT2D eigenvalue weighted by molar-refractivity contribution is 7.79. The molecule has 1 aromatic carbocycles. The van der Waals surface area contributed by atoms with Crippen LogP contribution in [0.5, 0.6) is 5.75 Å². The van der Waals surface area contributed by atoms with Gasteiger partial charge >= 0.3 is 18.2 Å². The summed E-state index contributed by atoms with van der Waals surface area (Å²) < 4.78 is 46.8. The summed E-state index contributed by atoms with van der Waals surface area (Å²) in [6.07, 6.45) is 0. The molecule has 110 valence electrons. The summed E-state index contributed by atoms with van der Waals surface area (Å²) in [6, 6.07) is 6.82. The van der Waals surface area contributed by atoms with Crippen LogP contribution >= 0.6 is 7.82 Å². The lowest BCUT2D eigenvalue weighted by molar-refractivity contribution is 0.282. The molecule has 0 aliphatic rings. The maximum absolute atomic E-state index is 10.6. The van der Waals surface area contributed by atoms with Gasteiger partial charge in [-0.25, -0.2) is 4.57 Å². The van der Waals surface area contributed by atoms with E-state index < -0.39 is 18.2 Å². The number of hydrogen-bond donors (Lipinski definition) is 4. The zero-order valence-corrected chi connectivity index (χ0v) is 11.9. The number of hydrogen-bond acceptors (Lipinski definition) is 4. The van der Waals surface area contributed by atoms with E-state index in [1.54, 1.807) is 18.2 Å². The second-order valence-electron chi connectivity index (χ2n) is 3.72. The molecule has 0 fully saturated rings. The summed E-state index contributed by atoms with van der Waals surface area (Å²) in [4.78, 5) is 17.3. The predicted octanol–water partition coefficient (Wildman–Crippen LogP) is 1.63. The lowest BCUT2D eigenvalue weighted by Crippen LogP contribution is -1.96. The van der Waals surface area contributed by atoms with E-state index in [4.69, 9.17) is 27.3 Å². The maximum Gasteiger partial charge on any atom is 0.524 e. The summed E-state index contributed by atoms with van der Waals surface area (Å²) >= 11 is 0. The molecule has 4 N–H and O–H groups in total. The van der Waals surface area contributed by atoms with Gasteiger partial charge in [0.1, 0.15) is 5.75 Å². The van der Waals surface area contributed by atoms with Crippen molar-refractivity contribution in [3.05, 3.63) is 29.8 Å². The van der Waals surface area contributed by atoms with Gasteiger partial charge in [0, 0.05) is 0 Å². The van der Waals surface area contributed by atoms with Crippen molar-refractivity contribution in [2.75, 3.05) is 0 Å². The van der Waals surface area contributed by atoms with E-state index >= 15 is 0 Å². The maximum atomic E-state index is 10.6. The fourth-order valence-corrected chi connectivity index (χ4v) is 1.59. The molecule has 0 spiro atoms. The lowest BCUT2D eigenvalue weighted by Gasteiger charge is -2.13. The summed E-state index contributed by atoms with van der Waals surface area (Å²) in [7, 11) is -9.12. The second-order valence-corrected chi connectivity index (χ2v) is 5.78. The molecule has 0 atom stereocenters. The Hall–Kier alpha value is -0.960. The molecule has 8 nitrogen and oxygen atoms in total. The van der Waals surface area contributed by atoms with Crippen molar-refractivity contribution in [3.63, 3.8) is 0 Å². The highest BCUT2D eigenvalue weighted by atomic mass is 32.3. The zero-order chi connectivity index (χ0) is 15.3. The third kappa shape index (κ3) is 10.6. The van der Waals surface area contributed by atoms with Crippen LogP contribution in [-0.4, -0.2) is 27.3 Å². The topological polar surface area (TPSA) is 141 Å². The molecule has 0 saturated carbocycles. The molecular formula is C9H15O8PS. The molecule has 10 heteroatoms. The van der Waals surface area contributed by atoms with Crippen LogP contribution < -0.4 is 4.52 Å². The van der Waals surface area contributed by atoms with Gasteiger partial charge in [-0.15, -0.1) is 0 Å². The number of para-hydroxylation sites is 1. The first-order valence-corrected chi connectivity index (χ1v) is 7.87. The van der Waals surface area contributed by atoms with Crippen LogP contribution in [0.1, 0.15) is 25.3 Å². The lowest BCUT2D eigenvalue weighted by atomic mass is 10.0. The number of phosphoric ester groups is 1. The molecule has 0 aliphatic carbocycles. The largest absolute Gasteiger partial charge is 0.524 e. The normalized spacial score (nSPS) is 11.7. The summed E-state index contributed by atoms with van der Waals surface area (Å²) in [5, 5.41) is 0. The van der Waals surface area contributed by atoms with Crippen LogP contribution in [-0.2, 0) is 15.0 Å². The van der Waals surface area contributed by atoms with E-state index in [0.29, 0.717) is 0 Å². The van der Waals surface area contributed by atoms with Crippen LogP contribution in [0.25, 0.3) is 0 Å². The predicted molar refractivity (Wildman–Crippen MR) is 67.4 cm³/mol. The second kappa shape index (κ2) is 6.99. The van der Waals surface area contributed by atoms with Gasteiger partial charge in [0.15, 0.2) is 0 Å². The molecule has 0 saturated heterocycles. The van der Waals surface area contributed by atoms with Crippen molar-refractivity contribution < 1.29 is 36.4 Å². The van der Waals surface area contributed by atoms with Gasteiger partial charge in [0.05, 0.1) is 0 Å². The average Bonchev–Trinajstić information content (AvgIpc) is 2.12. The van der Waals surface area contributed by atoms with Crippen molar-refractivity contribution in [1.82, 2.24) is 0 Å². The van der Waals surface area contributed by atoms with E-state index in [1.807, 2.05) is 19.9 Å². The fraction of sp³-hybridized carbons (Fsp3) is 0.333. The van der Waals surface area contributed by atoms with Gasteiger partial charge in [-0.1, -0.05) is 32.0 Å². The van der Waals surface area contributed by atoms with Gasteiger partial charge in [-0.2, -0.15) is 8.42 Å². The monoisotopic (exact) mass is 314 g/mol.